The number of rotatable bonds is 5. The SMILES string of the molecule is CC(Nc1nc(-c2cc(Cl)cc(Cl)c2)no1)c1ccc(S(C)(=O)=O)cc1. The van der Waals surface area contributed by atoms with Crippen LogP contribution in [0.3, 0.4) is 0 Å². The van der Waals surface area contributed by atoms with Crippen LogP contribution in [-0.2, 0) is 9.84 Å². The Morgan fingerprint density at radius 1 is 1.08 bits per heavy atom. The van der Waals surface area contributed by atoms with Crippen molar-refractivity contribution in [3.63, 3.8) is 0 Å². The van der Waals surface area contributed by atoms with Crippen LogP contribution in [0, 0.1) is 0 Å². The molecule has 0 aliphatic heterocycles. The summed E-state index contributed by atoms with van der Waals surface area (Å²) in [6.45, 7) is 1.90. The maximum absolute atomic E-state index is 11.5. The van der Waals surface area contributed by atoms with Crippen molar-refractivity contribution in [3.05, 3.63) is 58.1 Å². The van der Waals surface area contributed by atoms with Crippen molar-refractivity contribution < 1.29 is 12.9 Å². The molecule has 1 unspecified atom stereocenters. The molecule has 3 rings (SSSR count). The van der Waals surface area contributed by atoms with Crippen LogP contribution in [0.5, 0.6) is 0 Å². The molecular formula is C17H15Cl2N3O3S. The van der Waals surface area contributed by atoms with Crippen LogP contribution in [0.15, 0.2) is 51.9 Å². The van der Waals surface area contributed by atoms with Crippen molar-refractivity contribution >= 4 is 39.1 Å². The zero-order chi connectivity index (χ0) is 18.9. The maximum Gasteiger partial charge on any atom is 0.322 e. The Bertz CT molecular complexity index is 1010. The Morgan fingerprint density at radius 3 is 2.27 bits per heavy atom. The van der Waals surface area contributed by atoms with Crippen molar-refractivity contribution in [1.29, 1.82) is 0 Å². The molecule has 1 atom stereocenters. The van der Waals surface area contributed by atoms with Gasteiger partial charge in [0.05, 0.1) is 10.9 Å². The highest BCUT2D eigenvalue weighted by atomic mass is 35.5. The Hall–Kier alpha value is -2.09. The van der Waals surface area contributed by atoms with Crippen molar-refractivity contribution in [2.24, 2.45) is 0 Å². The molecule has 26 heavy (non-hydrogen) atoms. The fourth-order valence-electron chi connectivity index (χ4n) is 2.35. The van der Waals surface area contributed by atoms with Gasteiger partial charge in [0, 0.05) is 21.9 Å². The molecule has 3 aromatic rings. The molecule has 0 fully saturated rings. The summed E-state index contributed by atoms with van der Waals surface area (Å²) < 4.78 is 28.3. The van der Waals surface area contributed by atoms with E-state index in [0.717, 1.165) is 5.56 Å². The van der Waals surface area contributed by atoms with Crippen LogP contribution in [0.1, 0.15) is 18.5 Å². The quantitative estimate of drug-likeness (QED) is 0.658. The first-order valence-corrected chi connectivity index (χ1v) is 10.2. The predicted octanol–water partition coefficient (Wildman–Crippen LogP) is 4.62. The zero-order valence-electron chi connectivity index (χ0n) is 13.9. The highest BCUT2D eigenvalue weighted by Crippen LogP contribution is 2.27. The van der Waals surface area contributed by atoms with E-state index in [1.807, 2.05) is 6.92 Å². The van der Waals surface area contributed by atoms with Gasteiger partial charge in [0.15, 0.2) is 9.84 Å². The molecule has 0 spiro atoms. The molecule has 1 heterocycles. The fourth-order valence-corrected chi connectivity index (χ4v) is 3.51. The lowest BCUT2D eigenvalue weighted by molar-refractivity contribution is 0.429. The Balaban J connectivity index is 1.76. The number of halogens is 2. The number of nitrogens with one attached hydrogen (secondary N) is 1. The Kier molecular flexibility index (Phi) is 5.22. The van der Waals surface area contributed by atoms with Crippen LogP contribution in [-0.4, -0.2) is 24.8 Å². The van der Waals surface area contributed by atoms with E-state index in [4.69, 9.17) is 27.7 Å². The van der Waals surface area contributed by atoms with Crippen LogP contribution in [0.4, 0.5) is 6.01 Å². The van der Waals surface area contributed by atoms with Crippen LogP contribution in [0.25, 0.3) is 11.4 Å². The summed E-state index contributed by atoms with van der Waals surface area (Å²) >= 11 is 12.0. The molecule has 0 radical (unpaired) electrons. The average molecular weight is 412 g/mol. The minimum Gasteiger partial charge on any atom is -0.331 e. The number of hydrogen-bond donors (Lipinski definition) is 1. The van der Waals surface area contributed by atoms with Gasteiger partial charge in [0.25, 0.3) is 0 Å². The van der Waals surface area contributed by atoms with Gasteiger partial charge in [-0.15, -0.1) is 0 Å². The number of nitrogens with zero attached hydrogens (tertiary/aromatic N) is 2. The lowest BCUT2D eigenvalue weighted by Gasteiger charge is -2.12. The van der Waals surface area contributed by atoms with Gasteiger partial charge in [-0.3, -0.25) is 0 Å². The third-order valence-corrected chi connectivity index (χ3v) is 5.26. The minimum atomic E-state index is -3.22. The van der Waals surface area contributed by atoms with Crippen molar-refractivity contribution in [2.45, 2.75) is 17.9 Å². The fraction of sp³-hybridized carbons (Fsp3) is 0.176. The van der Waals surface area contributed by atoms with Crippen molar-refractivity contribution in [2.75, 3.05) is 11.6 Å². The van der Waals surface area contributed by atoms with E-state index in [-0.39, 0.29) is 17.0 Å². The van der Waals surface area contributed by atoms with Gasteiger partial charge in [-0.25, -0.2) is 8.42 Å². The molecule has 0 aliphatic rings. The molecule has 1 aromatic heterocycles. The summed E-state index contributed by atoms with van der Waals surface area (Å²) in [6.07, 6.45) is 1.17. The lowest BCUT2D eigenvalue weighted by Crippen LogP contribution is -2.07. The normalized spacial score (nSPS) is 12.8. The molecule has 6 nitrogen and oxygen atoms in total. The number of hydrogen-bond acceptors (Lipinski definition) is 6. The first kappa shape index (κ1) is 18.7. The third kappa shape index (κ3) is 4.35. The molecule has 2 aromatic carbocycles. The molecule has 9 heteroatoms. The second-order valence-corrected chi connectivity index (χ2v) is 8.68. The largest absolute Gasteiger partial charge is 0.331 e. The highest BCUT2D eigenvalue weighted by molar-refractivity contribution is 7.90. The van der Waals surface area contributed by atoms with Crippen LogP contribution >= 0.6 is 23.2 Å². The monoisotopic (exact) mass is 411 g/mol. The second kappa shape index (κ2) is 7.26. The summed E-state index contributed by atoms with van der Waals surface area (Å²) in [4.78, 5) is 4.55. The smallest absolute Gasteiger partial charge is 0.322 e. The third-order valence-electron chi connectivity index (χ3n) is 3.70. The Morgan fingerprint density at radius 2 is 1.69 bits per heavy atom. The van der Waals surface area contributed by atoms with Crippen LogP contribution < -0.4 is 5.32 Å². The molecule has 136 valence electrons. The van der Waals surface area contributed by atoms with Crippen molar-refractivity contribution in [1.82, 2.24) is 10.1 Å². The topological polar surface area (TPSA) is 85.1 Å². The summed E-state index contributed by atoms with van der Waals surface area (Å²) in [5.41, 5.74) is 1.52. The number of aromatic nitrogens is 2. The summed E-state index contributed by atoms with van der Waals surface area (Å²) in [7, 11) is -3.22. The first-order valence-electron chi connectivity index (χ1n) is 7.59. The molecule has 0 saturated heterocycles. The van der Waals surface area contributed by atoms with E-state index in [9.17, 15) is 8.42 Å². The van der Waals surface area contributed by atoms with Gasteiger partial charge in [-0.1, -0.05) is 40.5 Å². The van der Waals surface area contributed by atoms with Gasteiger partial charge in [0.1, 0.15) is 0 Å². The molecular weight excluding hydrogens is 397 g/mol. The highest BCUT2D eigenvalue weighted by Gasteiger charge is 2.14. The number of sulfone groups is 1. The summed E-state index contributed by atoms with van der Waals surface area (Å²) in [6, 6.07) is 11.7. The van der Waals surface area contributed by atoms with Gasteiger partial charge < -0.3 is 9.84 Å². The van der Waals surface area contributed by atoms with Gasteiger partial charge in [-0.05, 0) is 42.8 Å². The molecule has 1 N–H and O–H groups in total. The molecule has 0 saturated carbocycles. The van der Waals surface area contributed by atoms with E-state index in [2.05, 4.69) is 15.5 Å². The number of anilines is 1. The average Bonchev–Trinajstić information content (AvgIpc) is 3.02. The summed E-state index contributed by atoms with van der Waals surface area (Å²) in [5.74, 6) is 0.358. The van der Waals surface area contributed by atoms with Crippen LogP contribution in [0.2, 0.25) is 10.0 Å². The van der Waals surface area contributed by atoms with Gasteiger partial charge in [-0.2, -0.15) is 4.98 Å². The Labute approximate surface area is 161 Å². The zero-order valence-corrected chi connectivity index (χ0v) is 16.2. The van der Waals surface area contributed by atoms with Gasteiger partial charge in [0.2, 0.25) is 5.82 Å². The summed E-state index contributed by atoms with van der Waals surface area (Å²) in [5, 5.41) is 7.95. The van der Waals surface area contributed by atoms with E-state index >= 15 is 0 Å². The minimum absolute atomic E-state index is 0.167. The van der Waals surface area contributed by atoms with E-state index in [1.165, 1.54) is 6.26 Å². The maximum atomic E-state index is 11.5. The number of benzene rings is 2. The standard InChI is InChI=1S/C17H15Cl2N3O3S/c1-10(11-3-5-15(6-4-11)26(2,23)24)20-17-21-16(22-25-17)12-7-13(18)9-14(19)8-12/h3-10H,1-2H3,(H,20,21,22). The predicted molar refractivity (Wildman–Crippen MR) is 101 cm³/mol. The molecule has 0 bridgehead atoms. The van der Waals surface area contributed by atoms with Gasteiger partial charge >= 0.3 is 6.01 Å². The second-order valence-electron chi connectivity index (χ2n) is 5.79. The van der Waals surface area contributed by atoms with Crippen molar-refractivity contribution in [3.8, 4) is 11.4 Å². The first-order chi connectivity index (χ1) is 12.2. The van der Waals surface area contributed by atoms with E-state index in [1.54, 1.807) is 42.5 Å². The molecule has 0 amide bonds. The lowest BCUT2D eigenvalue weighted by atomic mass is 10.1. The molecule has 0 aliphatic carbocycles. The van der Waals surface area contributed by atoms with E-state index in [0.29, 0.717) is 21.4 Å². The van der Waals surface area contributed by atoms with E-state index < -0.39 is 9.84 Å².